The molecule has 24 heavy (non-hydrogen) atoms. The van der Waals surface area contributed by atoms with Gasteiger partial charge in [-0.25, -0.2) is 4.98 Å². The number of rotatable bonds is 4. The number of hydrogen-bond acceptors (Lipinski definition) is 4. The molecular weight excluding hydrogens is 417 g/mol. The molecule has 0 atom stereocenters. The van der Waals surface area contributed by atoms with Gasteiger partial charge in [0.25, 0.3) is 0 Å². The van der Waals surface area contributed by atoms with Gasteiger partial charge < -0.3 is 20.0 Å². The number of aliphatic imine (C=N–C) groups is 1. The molecule has 1 aliphatic heterocycles. The van der Waals surface area contributed by atoms with Gasteiger partial charge in [0.15, 0.2) is 5.96 Å². The van der Waals surface area contributed by atoms with Crippen LogP contribution < -0.4 is 10.6 Å². The van der Waals surface area contributed by atoms with Gasteiger partial charge in [-0.2, -0.15) is 0 Å². The zero-order valence-corrected chi connectivity index (χ0v) is 17.9. The van der Waals surface area contributed by atoms with E-state index in [4.69, 9.17) is 4.42 Å². The summed E-state index contributed by atoms with van der Waals surface area (Å²) in [4.78, 5) is 11.0. The molecule has 1 aromatic rings. The standard InChI is InChI=1S/C17H31N5O.HI/c1-17(2,3)14-11-19-15(23-14)12-21-16(18-4)20-10-13-6-8-22(5)9-7-13;/h11,13H,6-10,12H2,1-5H3,(H2,18,20,21);1H. The van der Waals surface area contributed by atoms with E-state index in [9.17, 15) is 0 Å². The summed E-state index contributed by atoms with van der Waals surface area (Å²) in [6.07, 6.45) is 4.30. The monoisotopic (exact) mass is 449 g/mol. The van der Waals surface area contributed by atoms with Crippen LogP contribution in [0, 0.1) is 5.92 Å². The first-order valence-corrected chi connectivity index (χ1v) is 8.46. The number of halogens is 1. The van der Waals surface area contributed by atoms with Crippen LogP contribution in [0.3, 0.4) is 0 Å². The van der Waals surface area contributed by atoms with Gasteiger partial charge in [-0.1, -0.05) is 20.8 Å². The molecule has 2 rings (SSSR count). The molecule has 1 saturated heterocycles. The van der Waals surface area contributed by atoms with E-state index in [1.165, 1.54) is 25.9 Å². The second kappa shape index (κ2) is 9.60. The fourth-order valence-electron chi connectivity index (χ4n) is 2.63. The Morgan fingerprint density at radius 1 is 1.33 bits per heavy atom. The molecule has 2 heterocycles. The molecule has 0 amide bonds. The van der Waals surface area contributed by atoms with Crippen molar-refractivity contribution in [2.75, 3.05) is 33.7 Å². The average Bonchev–Trinajstić information content (AvgIpc) is 2.98. The summed E-state index contributed by atoms with van der Waals surface area (Å²) >= 11 is 0. The topological polar surface area (TPSA) is 65.7 Å². The number of piperidine rings is 1. The molecule has 1 aliphatic rings. The van der Waals surface area contributed by atoms with E-state index in [1.807, 2.05) is 6.20 Å². The van der Waals surface area contributed by atoms with E-state index in [0.29, 0.717) is 12.4 Å². The van der Waals surface area contributed by atoms with Gasteiger partial charge >= 0.3 is 0 Å². The van der Waals surface area contributed by atoms with Gasteiger partial charge in [-0.3, -0.25) is 4.99 Å². The molecule has 0 aliphatic carbocycles. The highest BCUT2D eigenvalue weighted by atomic mass is 127. The van der Waals surface area contributed by atoms with Gasteiger partial charge in [-0.05, 0) is 38.9 Å². The summed E-state index contributed by atoms with van der Waals surface area (Å²) in [5.74, 6) is 3.12. The first-order valence-electron chi connectivity index (χ1n) is 8.46. The molecule has 138 valence electrons. The van der Waals surface area contributed by atoms with Crippen molar-refractivity contribution < 1.29 is 4.42 Å². The molecule has 0 bridgehead atoms. The Morgan fingerprint density at radius 2 is 2.00 bits per heavy atom. The number of oxazole rings is 1. The van der Waals surface area contributed by atoms with Crippen molar-refractivity contribution >= 4 is 29.9 Å². The van der Waals surface area contributed by atoms with Gasteiger partial charge in [0.2, 0.25) is 5.89 Å². The molecule has 7 heteroatoms. The minimum absolute atomic E-state index is 0. The summed E-state index contributed by atoms with van der Waals surface area (Å²) in [6.45, 7) is 10.2. The van der Waals surface area contributed by atoms with Gasteiger partial charge in [0.1, 0.15) is 5.76 Å². The van der Waals surface area contributed by atoms with Crippen LogP contribution in [-0.2, 0) is 12.0 Å². The molecule has 2 N–H and O–H groups in total. The van der Waals surface area contributed by atoms with Crippen molar-refractivity contribution in [3.05, 3.63) is 17.8 Å². The molecular formula is C17H32IN5O. The summed E-state index contributed by atoms with van der Waals surface area (Å²) in [7, 11) is 3.98. The molecule has 0 radical (unpaired) electrons. The molecule has 1 fully saturated rings. The minimum Gasteiger partial charge on any atom is -0.443 e. The SMILES string of the molecule is CN=C(NCc1ncc(C(C)(C)C)o1)NCC1CCN(C)CC1.I. The van der Waals surface area contributed by atoms with Crippen molar-refractivity contribution in [1.82, 2.24) is 20.5 Å². The van der Waals surface area contributed by atoms with Crippen LogP contribution in [0.15, 0.2) is 15.6 Å². The Balaban J connectivity index is 0.00000288. The molecule has 0 spiro atoms. The van der Waals surface area contributed by atoms with Crippen LogP contribution >= 0.6 is 24.0 Å². The Hall–Kier alpha value is -0.830. The van der Waals surface area contributed by atoms with Crippen molar-refractivity contribution in [2.45, 2.75) is 45.6 Å². The minimum atomic E-state index is -0.0146. The zero-order valence-electron chi connectivity index (χ0n) is 15.6. The average molecular weight is 449 g/mol. The number of guanidine groups is 1. The van der Waals surface area contributed by atoms with Crippen LogP contribution in [-0.4, -0.2) is 49.6 Å². The Kier molecular flexibility index (Phi) is 8.49. The highest BCUT2D eigenvalue weighted by Gasteiger charge is 2.19. The maximum absolute atomic E-state index is 5.79. The second-order valence-corrected chi connectivity index (χ2v) is 7.42. The lowest BCUT2D eigenvalue weighted by molar-refractivity contribution is 0.220. The van der Waals surface area contributed by atoms with Gasteiger partial charge in [0, 0.05) is 19.0 Å². The molecule has 1 aromatic heterocycles. The number of nitrogens with one attached hydrogen (secondary N) is 2. The Labute approximate surface area is 162 Å². The molecule has 0 saturated carbocycles. The number of aromatic nitrogens is 1. The molecule has 0 unspecified atom stereocenters. The molecule has 0 aromatic carbocycles. The fraction of sp³-hybridized carbons (Fsp3) is 0.765. The van der Waals surface area contributed by atoms with Crippen LogP contribution in [0.25, 0.3) is 0 Å². The van der Waals surface area contributed by atoms with E-state index in [0.717, 1.165) is 24.2 Å². The third kappa shape index (κ3) is 6.58. The van der Waals surface area contributed by atoms with Crippen LogP contribution in [0.2, 0.25) is 0 Å². The summed E-state index contributed by atoms with van der Waals surface area (Å²) in [5.41, 5.74) is -0.0146. The van der Waals surface area contributed by atoms with E-state index in [1.54, 1.807) is 7.05 Å². The fourth-order valence-corrected chi connectivity index (χ4v) is 2.63. The van der Waals surface area contributed by atoms with E-state index >= 15 is 0 Å². The number of nitrogens with zero attached hydrogens (tertiary/aromatic N) is 3. The van der Waals surface area contributed by atoms with Crippen molar-refractivity contribution in [3.8, 4) is 0 Å². The lowest BCUT2D eigenvalue weighted by atomic mass is 9.94. The Morgan fingerprint density at radius 3 is 2.54 bits per heavy atom. The summed E-state index contributed by atoms with van der Waals surface area (Å²) < 4.78 is 5.79. The third-order valence-electron chi connectivity index (χ3n) is 4.32. The van der Waals surface area contributed by atoms with Crippen LogP contribution in [0.5, 0.6) is 0 Å². The maximum atomic E-state index is 5.79. The number of likely N-dealkylation sites (tertiary alicyclic amines) is 1. The first-order chi connectivity index (χ1) is 10.9. The highest BCUT2D eigenvalue weighted by molar-refractivity contribution is 14.0. The predicted octanol–water partition coefficient (Wildman–Crippen LogP) is 2.60. The first kappa shape index (κ1) is 21.2. The predicted molar refractivity (Wildman–Crippen MR) is 109 cm³/mol. The van der Waals surface area contributed by atoms with E-state index in [2.05, 4.69) is 53.3 Å². The summed E-state index contributed by atoms with van der Waals surface area (Å²) in [5, 5.41) is 6.68. The van der Waals surface area contributed by atoms with Crippen molar-refractivity contribution in [1.29, 1.82) is 0 Å². The lowest BCUT2D eigenvalue weighted by Gasteiger charge is -2.29. The second-order valence-electron chi connectivity index (χ2n) is 7.42. The van der Waals surface area contributed by atoms with Gasteiger partial charge in [-0.15, -0.1) is 24.0 Å². The van der Waals surface area contributed by atoms with Gasteiger partial charge in [0.05, 0.1) is 12.7 Å². The van der Waals surface area contributed by atoms with Crippen molar-refractivity contribution in [2.24, 2.45) is 10.9 Å². The van der Waals surface area contributed by atoms with E-state index < -0.39 is 0 Å². The smallest absolute Gasteiger partial charge is 0.213 e. The lowest BCUT2D eigenvalue weighted by Crippen LogP contribution is -2.42. The zero-order chi connectivity index (χ0) is 16.9. The van der Waals surface area contributed by atoms with E-state index in [-0.39, 0.29) is 29.4 Å². The maximum Gasteiger partial charge on any atom is 0.213 e. The third-order valence-corrected chi connectivity index (χ3v) is 4.32. The highest BCUT2D eigenvalue weighted by Crippen LogP contribution is 2.22. The Bertz CT molecular complexity index is 515. The largest absolute Gasteiger partial charge is 0.443 e. The molecule has 6 nitrogen and oxygen atoms in total. The van der Waals surface area contributed by atoms with Crippen LogP contribution in [0.4, 0.5) is 0 Å². The van der Waals surface area contributed by atoms with Crippen LogP contribution in [0.1, 0.15) is 45.3 Å². The number of hydrogen-bond donors (Lipinski definition) is 2. The van der Waals surface area contributed by atoms with Crippen molar-refractivity contribution in [3.63, 3.8) is 0 Å². The quantitative estimate of drug-likeness (QED) is 0.421. The normalized spacial score (nSPS) is 17.5. The summed E-state index contributed by atoms with van der Waals surface area (Å²) in [6, 6.07) is 0.